The van der Waals surface area contributed by atoms with Gasteiger partial charge in [0.05, 0.1) is 15.3 Å². The third kappa shape index (κ3) is 6.20. The number of aryl methyl sites for hydroxylation is 1. The molecule has 0 spiro atoms. The summed E-state index contributed by atoms with van der Waals surface area (Å²) < 4.78 is 45.8. The Bertz CT molecular complexity index is 528. The molecule has 0 saturated heterocycles. The molecule has 0 fully saturated rings. The monoisotopic (exact) mass is 337 g/mol. The highest BCUT2D eigenvalue weighted by atomic mass is 32.2. The summed E-state index contributed by atoms with van der Waals surface area (Å²) in [6, 6.07) is 3.99. The zero-order chi connectivity index (χ0) is 16.7. The Balaban J connectivity index is 0.000000690. The van der Waals surface area contributed by atoms with Gasteiger partial charge in [-0.15, -0.1) is 0 Å². The van der Waals surface area contributed by atoms with Crippen molar-refractivity contribution in [3.8, 4) is 0 Å². The SMILES string of the molecule is CCc1c([Si](OC)(OC)OC)ccc[n+]1C.CS(=O)(=O)[O-]. The van der Waals surface area contributed by atoms with Crippen LogP contribution in [0, 0.1) is 0 Å². The molecular weight excluding hydrogens is 314 g/mol. The standard InChI is InChI=1S/C11H20NO3Si.CH4O3S/c1-6-10-11(8-7-9-12(10)2)16(13-3,14-4)15-5;1-5(2,3)4/h7-9H,6H2,1-5H3;1H3,(H,2,3,4)/q+1;/p-1. The summed E-state index contributed by atoms with van der Waals surface area (Å²) in [5.74, 6) is 0. The summed E-state index contributed by atoms with van der Waals surface area (Å²) in [6.45, 7) is 2.11. The Hall–Kier alpha value is -0.843. The van der Waals surface area contributed by atoms with Gasteiger partial charge in [0.25, 0.3) is 0 Å². The average molecular weight is 337 g/mol. The minimum atomic E-state index is -3.92. The maximum atomic E-state index is 9.08. The van der Waals surface area contributed by atoms with Crippen LogP contribution in [0.15, 0.2) is 18.3 Å². The van der Waals surface area contributed by atoms with Crippen molar-refractivity contribution in [3.63, 3.8) is 0 Å². The van der Waals surface area contributed by atoms with Gasteiger partial charge in [0.15, 0.2) is 11.9 Å². The van der Waals surface area contributed by atoms with E-state index >= 15 is 0 Å². The van der Waals surface area contributed by atoms with Crippen LogP contribution in [0.2, 0.25) is 0 Å². The minimum absolute atomic E-state index is 0.604. The minimum Gasteiger partial charge on any atom is -0.748 e. The molecule has 0 amide bonds. The first-order chi connectivity index (χ1) is 9.65. The van der Waals surface area contributed by atoms with Gasteiger partial charge in [-0.25, -0.2) is 13.0 Å². The normalized spacial score (nSPS) is 11.8. The first-order valence-corrected chi connectivity index (χ1v) is 9.73. The summed E-state index contributed by atoms with van der Waals surface area (Å²) in [5, 5.41) is 1.03. The number of hydrogen-bond donors (Lipinski definition) is 0. The van der Waals surface area contributed by atoms with Crippen molar-refractivity contribution in [2.45, 2.75) is 13.3 Å². The number of nitrogens with zero attached hydrogens (tertiary/aromatic N) is 1. The molecule has 0 aliphatic carbocycles. The highest BCUT2D eigenvalue weighted by Crippen LogP contribution is 2.08. The summed E-state index contributed by atoms with van der Waals surface area (Å²) in [4.78, 5) is 0. The van der Waals surface area contributed by atoms with Crippen LogP contribution in [0.3, 0.4) is 0 Å². The quantitative estimate of drug-likeness (QED) is 0.402. The van der Waals surface area contributed by atoms with Crippen molar-refractivity contribution in [1.29, 1.82) is 0 Å². The van der Waals surface area contributed by atoms with Crippen LogP contribution in [0.1, 0.15) is 12.6 Å². The lowest BCUT2D eigenvalue weighted by Crippen LogP contribution is -2.59. The molecular formula is C12H23NO6SSi. The fourth-order valence-corrected chi connectivity index (χ4v) is 4.11. The largest absolute Gasteiger partial charge is 0.748 e. The van der Waals surface area contributed by atoms with E-state index in [2.05, 4.69) is 11.5 Å². The summed E-state index contributed by atoms with van der Waals surface area (Å²) in [7, 11) is 0.280. The highest BCUT2D eigenvalue weighted by Gasteiger charge is 2.45. The molecule has 0 aromatic carbocycles. The molecule has 0 atom stereocenters. The molecule has 1 heterocycles. The predicted molar refractivity (Wildman–Crippen MR) is 79.0 cm³/mol. The molecule has 122 valence electrons. The lowest BCUT2D eigenvalue weighted by molar-refractivity contribution is -0.678. The molecule has 0 bridgehead atoms. The van der Waals surface area contributed by atoms with E-state index in [1.54, 1.807) is 21.3 Å². The van der Waals surface area contributed by atoms with Crippen LogP contribution in [0.25, 0.3) is 0 Å². The molecule has 0 N–H and O–H groups in total. The third-order valence-electron chi connectivity index (χ3n) is 2.78. The molecule has 0 aliphatic rings. The molecule has 1 aromatic rings. The zero-order valence-corrected chi connectivity index (χ0v) is 15.1. The van der Waals surface area contributed by atoms with Crippen molar-refractivity contribution in [3.05, 3.63) is 24.0 Å². The maximum absolute atomic E-state index is 9.08. The second kappa shape index (κ2) is 8.56. The van der Waals surface area contributed by atoms with Crippen molar-refractivity contribution in [2.24, 2.45) is 7.05 Å². The van der Waals surface area contributed by atoms with Crippen molar-refractivity contribution < 1.29 is 30.8 Å². The Morgan fingerprint density at radius 1 is 1.24 bits per heavy atom. The molecule has 1 aromatic heterocycles. The molecule has 0 saturated carbocycles. The molecule has 0 aliphatic heterocycles. The summed E-state index contributed by atoms with van der Waals surface area (Å²) >= 11 is 0. The summed E-state index contributed by atoms with van der Waals surface area (Å²) in [6.07, 6.45) is 3.53. The molecule has 0 unspecified atom stereocenters. The van der Waals surface area contributed by atoms with E-state index in [0.29, 0.717) is 6.26 Å². The fourth-order valence-electron chi connectivity index (χ4n) is 1.94. The van der Waals surface area contributed by atoms with E-state index in [9.17, 15) is 0 Å². The fraction of sp³-hybridized carbons (Fsp3) is 0.583. The van der Waals surface area contributed by atoms with Gasteiger partial charge in [-0.05, 0) is 6.07 Å². The van der Waals surface area contributed by atoms with Crippen molar-refractivity contribution in [1.82, 2.24) is 0 Å². The van der Waals surface area contributed by atoms with Gasteiger partial charge in [-0.3, -0.25) is 0 Å². The highest BCUT2D eigenvalue weighted by molar-refractivity contribution is 7.84. The number of pyridine rings is 1. The van der Waals surface area contributed by atoms with E-state index in [1.807, 2.05) is 25.4 Å². The number of hydrogen-bond acceptors (Lipinski definition) is 6. The lowest BCUT2D eigenvalue weighted by Gasteiger charge is -2.24. The van der Waals surface area contributed by atoms with Gasteiger partial charge < -0.3 is 17.8 Å². The van der Waals surface area contributed by atoms with Crippen LogP contribution < -0.4 is 9.75 Å². The maximum Gasteiger partial charge on any atom is 0.542 e. The van der Waals surface area contributed by atoms with Gasteiger partial charge in [0, 0.05) is 40.1 Å². The van der Waals surface area contributed by atoms with E-state index in [1.165, 1.54) is 5.69 Å². The predicted octanol–water partition coefficient (Wildman–Crippen LogP) is -0.680. The number of rotatable bonds is 5. The van der Waals surface area contributed by atoms with Gasteiger partial charge in [-0.2, -0.15) is 0 Å². The van der Waals surface area contributed by atoms with Crippen LogP contribution >= 0.6 is 0 Å². The third-order valence-corrected chi connectivity index (χ3v) is 5.51. The first-order valence-electron chi connectivity index (χ1n) is 6.19. The average Bonchev–Trinajstić information content (AvgIpc) is 2.40. The van der Waals surface area contributed by atoms with Crippen LogP contribution in [0.5, 0.6) is 0 Å². The van der Waals surface area contributed by atoms with Crippen LogP contribution in [-0.4, -0.2) is 49.4 Å². The Kier molecular flexibility index (Phi) is 8.22. The second-order valence-electron chi connectivity index (χ2n) is 4.21. The van der Waals surface area contributed by atoms with Gasteiger partial charge in [0.1, 0.15) is 7.05 Å². The topological polar surface area (TPSA) is 88.8 Å². The number of aromatic nitrogens is 1. The van der Waals surface area contributed by atoms with E-state index < -0.39 is 18.9 Å². The zero-order valence-electron chi connectivity index (χ0n) is 13.2. The Morgan fingerprint density at radius 2 is 1.67 bits per heavy atom. The van der Waals surface area contributed by atoms with E-state index in [4.69, 9.17) is 26.2 Å². The molecule has 0 radical (unpaired) electrons. The first kappa shape index (κ1) is 20.2. The molecule has 9 heteroatoms. The Labute approximate surface area is 127 Å². The molecule has 7 nitrogen and oxygen atoms in total. The van der Waals surface area contributed by atoms with Crippen LogP contribution in [0.4, 0.5) is 0 Å². The van der Waals surface area contributed by atoms with E-state index in [-0.39, 0.29) is 0 Å². The molecule has 1 rings (SSSR count). The van der Waals surface area contributed by atoms with E-state index in [0.717, 1.165) is 11.6 Å². The van der Waals surface area contributed by atoms with Gasteiger partial charge >= 0.3 is 8.80 Å². The smallest absolute Gasteiger partial charge is 0.542 e. The molecule has 21 heavy (non-hydrogen) atoms. The Morgan fingerprint density at radius 3 is 2.00 bits per heavy atom. The second-order valence-corrected chi connectivity index (χ2v) is 8.49. The van der Waals surface area contributed by atoms with Crippen molar-refractivity contribution in [2.75, 3.05) is 27.6 Å². The van der Waals surface area contributed by atoms with Crippen molar-refractivity contribution >= 4 is 24.1 Å². The summed E-state index contributed by atoms with van der Waals surface area (Å²) in [5.41, 5.74) is 1.18. The van der Waals surface area contributed by atoms with Gasteiger partial charge in [-0.1, -0.05) is 6.92 Å². The lowest BCUT2D eigenvalue weighted by atomic mass is 10.3. The van der Waals surface area contributed by atoms with Gasteiger partial charge in [0.2, 0.25) is 0 Å². The van der Waals surface area contributed by atoms with Crippen LogP contribution in [-0.2, 0) is 36.9 Å².